The van der Waals surface area contributed by atoms with E-state index < -0.39 is 0 Å². The smallest absolute Gasteiger partial charge is 0.244 e. The second-order valence-corrected chi connectivity index (χ2v) is 6.35. The second-order valence-electron chi connectivity index (χ2n) is 6.35. The van der Waals surface area contributed by atoms with E-state index in [0.717, 1.165) is 25.9 Å². The van der Waals surface area contributed by atoms with Gasteiger partial charge in [-0.2, -0.15) is 5.10 Å². The lowest BCUT2D eigenvalue weighted by molar-refractivity contribution is -0.120. The van der Waals surface area contributed by atoms with Gasteiger partial charge < -0.3 is 4.90 Å². The van der Waals surface area contributed by atoms with E-state index in [2.05, 4.69) is 15.4 Å². The Balaban J connectivity index is 1.55. The van der Waals surface area contributed by atoms with Crippen LogP contribution in [0.1, 0.15) is 30.4 Å². The average Bonchev–Trinajstić information content (AvgIpc) is 2.64. The lowest BCUT2D eigenvalue weighted by atomic mass is 10.1. The molecule has 2 aromatic carbocycles. The van der Waals surface area contributed by atoms with Crippen LogP contribution in [0, 0.1) is 11.6 Å². The third-order valence-electron chi connectivity index (χ3n) is 4.35. The predicted octanol–water partition coefficient (Wildman–Crippen LogP) is 3.65. The molecule has 1 fully saturated rings. The average molecular weight is 357 g/mol. The van der Waals surface area contributed by atoms with Gasteiger partial charge in [0.05, 0.1) is 18.3 Å². The number of nitrogens with zero attached hydrogens (tertiary/aromatic N) is 2. The summed E-state index contributed by atoms with van der Waals surface area (Å²) in [4.78, 5) is 13.9. The molecule has 1 aliphatic heterocycles. The Labute approximate surface area is 151 Å². The largest absolute Gasteiger partial charge is 0.369 e. The van der Waals surface area contributed by atoms with Gasteiger partial charge >= 0.3 is 0 Å². The van der Waals surface area contributed by atoms with Crippen molar-refractivity contribution in [3.63, 3.8) is 0 Å². The number of carbonyl (C=O) groups excluding carboxylic acids is 1. The molecule has 1 amide bonds. The van der Waals surface area contributed by atoms with E-state index in [9.17, 15) is 13.6 Å². The normalized spacial score (nSPS) is 14.6. The number of carbonyl (C=O) groups is 1. The van der Waals surface area contributed by atoms with Gasteiger partial charge in [0.15, 0.2) is 0 Å². The number of anilines is 1. The lowest BCUT2D eigenvalue weighted by Gasteiger charge is -2.29. The number of benzene rings is 2. The number of hydrogen-bond donors (Lipinski definition) is 1. The van der Waals surface area contributed by atoms with Crippen molar-refractivity contribution in [2.45, 2.75) is 25.7 Å². The van der Waals surface area contributed by atoms with Crippen molar-refractivity contribution in [2.75, 3.05) is 18.0 Å². The number of amides is 1. The maximum absolute atomic E-state index is 14.3. The summed E-state index contributed by atoms with van der Waals surface area (Å²) in [5.74, 6) is -0.950. The van der Waals surface area contributed by atoms with Crippen LogP contribution in [-0.2, 0) is 11.2 Å². The highest BCUT2D eigenvalue weighted by Gasteiger charge is 2.14. The Morgan fingerprint density at radius 2 is 1.81 bits per heavy atom. The first-order valence-electron chi connectivity index (χ1n) is 8.73. The number of halogens is 2. The highest BCUT2D eigenvalue weighted by atomic mass is 19.1. The Hall–Kier alpha value is -2.76. The zero-order valence-corrected chi connectivity index (χ0v) is 14.4. The van der Waals surface area contributed by atoms with Gasteiger partial charge in [0.1, 0.15) is 11.6 Å². The summed E-state index contributed by atoms with van der Waals surface area (Å²) in [5, 5.41) is 3.86. The van der Waals surface area contributed by atoms with E-state index in [0.29, 0.717) is 16.8 Å². The summed E-state index contributed by atoms with van der Waals surface area (Å²) in [6.07, 6.45) is 4.87. The topological polar surface area (TPSA) is 44.7 Å². The molecule has 1 N–H and O–H groups in total. The van der Waals surface area contributed by atoms with E-state index in [-0.39, 0.29) is 24.0 Å². The van der Waals surface area contributed by atoms with Gasteiger partial charge in [-0.05, 0) is 54.7 Å². The monoisotopic (exact) mass is 357 g/mol. The van der Waals surface area contributed by atoms with Gasteiger partial charge in [0, 0.05) is 13.1 Å². The fourth-order valence-electron chi connectivity index (χ4n) is 3.00. The van der Waals surface area contributed by atoms with Crippen LogP contribution < -0.4 is 10.3 Å². The molecule has 3 rings (SSSR count). The fraction of sp³-hybridized carbons (Fsp3) is 0.300. The highest BCUT2D eigenvalue weighted by molar-refractivity contribution is 5.83. The Kier molecular flexibility index (Phi) is 5.94. The van der Waals surface area contributed by atoms with Gasteiger partial charge in [-0.1, -0.05) is 18.2 Å². The van der Waals surface area contributed by atoms with Crippen LogP contribution >= 0.6 is 0 Å². The quantitative estimate of drug-likeness (QED) is 0.656. The standard InChI is InChI=1S/C20H21F2N3O/c21-17-7-4-15(5-8-17)13-20(26)24-23-14-16-6-9-19(18(22)12-16)25-10-2-1-3-11-25/h4-9,12,14H,1-3,10-11,13H2,(H,24,26)/b23-14+. The summed E-state index contributed by atoms with van der Waals surface area (Å²) in [6.45, 7) is 1.76. The molecular weight excluding hydrogens is 336 g/mol. The van der Waals surface area contributed by atoms with Crippen molar-refractivity contribution < 1.29 is 13.6 Å². The van der Waals surface area contributed by atoms with Crippen molar-refractivity contribution in [3.8, 4) is 0 Å². The Morgan fingerprint density at radius 1 is 1.08 bits per heavy atom. The minimum atomic E-state index is -0.345. The first-order valence-corrected chi connectivity index (χ1v) is 8.73. The molecule has 0 aliphatic carbocycles. The van der Waals surface area contributed by atoms with Crippen LogP contribution in [0.2, 0.25) is 0 Å². The van der Waals surface area contributed by atoms with Crippen molar-refractivity contribution in [2.24, 2.45) is 5.10 Å². The summed E-state index contributed by atoms with van der Waals surface area (Å²) >= 11 is 0. The summed E-state index contributed by atoms with van der Waals surface area (Å²) in [7, 11) is 0. The number of rotatable bonds is 5. The number of hydrogen-bond acceptors (Lipinski definition) is 3. The highest BCUT2D eigenvalue weighted by Crippen LogP contribution is 2.23. The maximum atomic E-state index is 14.3. The SMILES string of the molecule is O=C(Cc1ccc(F)cc1)N/N=C/c1ccc(N2CCCCC2)c(F)c1. The van der Waals surface area contributed by atoms with Gasteiger partial charge in [0.25, 0.3) is 0 Å². The zero-order valence-electron chi connectivity index (χ0n) is 14.4. The molecule has 0 radical (unpaired) electrons. The molecule has 1 aliphatic rings. The molecule has 0 unspecified atom stereocenters. The lowest BCUT2D eigenvalue weighted by Crippen LogP contribution is -2.30. The first kappa shape index (κ1) is 18.0. The molecule has 0 saturated carbocycles. The molecule has 0 bridgehead atoms. The summed E-state index contributed by atoms with van der Waals surface area (Å²) in [5.41, 5.74) is 4.27. The molecule has 4 nitrogen and oxygen atoms in total. The van der Waals surface area contributed by atoms with E-state index in [1.807, 2.05) is 0 Å². The van der Waals surface area contributed by atoms with Gasteiger partial charge in [0.2, 0.25) is 5.91 Å². The van der Waals surface area contributed by atoms with Crippen LogP contribution in [0.3, 0.4) is 0 Å². The molecule has 136 valence electrons. The molecule has 2 aromatic rings. The van der Waals surface area contributed by atoms with E-state index >= 15 is 0 Å². The van der Waals surface area contributed by atoms with Gasteiger partial charge in [-0.25, -0.2) is 14.2 Å². The van der Waals surface area contributed by atoms with E-state index in [1.165, 1.54) is 30.8 Å². The van der Waals surface area contributed by atoms with Crippen molar-refractivity contribution in [1.82, 2.24) is 5.43 Å². The molecule has 0 spiro atoms. The van der Waals surface area contributed by atoms with Crippen molar-refractivity contribution >= 4 is 17.8 Å². The van der Waals surface area contributed by atoms with E-state index in [1.54, 1.807) is 24.3 Å². The number of nitrogens with one attached hydrogen (secondary N) is 1. The molecule has 1 heterocycles. The van der Waals surface area contributed by atoms with Crippen LogP contribution in [0.15, 0.2) is 47.6 Å². The Morgan fingerprint density at radius 3 is 2.50 bits per heavy atom. The summed E-state index contributed by atoms with van der Waals surface area (Å²) in [6, 6.07) is 10.7. The molecular formula is C20H21F2N3O. The van der Waals surface area contributed by atoms with E-state index in [4.69, 9.17) is 0 Å². The number of hydrazone groups is 1. The van der Waals surface area contributed by atoms with Crippen molar-refractivity contribution in [3.05, 3.63) is 65.2 Å². The zero-order chi connectivity index (χ0) is 18.4. The Bertz CT molecular complexity index is 784. The van der Waals surface area contributed by atoms with Crippen LogP contribution in [0.25, 0.3) is 0 Å². The van der Waals surface area contributed by atoms with Crippen LogP contribution in [0.4, 0.5) is 14.5 Å². The predicted molar refractivity (Wildman–Crippen MR) is 98.3 cm³/mol. The molecule has 0 atom stereocenters. The van der Waals surface area contributed by atoms with Crippen LogP contribution in [-0.4, -0.2) is 25.2 Å². The third-order valence-corrected chi connectivity index (χ3v) is 4.35. The second kappa shape index (κ2) is 8.56. The number of piperidine rings is 1. The van der Waals surface area contributed by atoms with Gasteiger partial charge in [-0.15, -0.1) is 0 Å². The fourth-order valence-corrected chi connectivity index (χ4v) is 3.00. The molecule has 1 saturated heterocycles. The van der Waals surface area contributed by atoms with Crippen molar-refractivity contribution in [1.29, 1.82) is 0 Å². The van der Waals surface area contributed by atoms with Crippen LogP contribution in [0.5, 0.6) is 0 Å². The molecule has 26 heavy (non-hydrogen) atoms. The minimum Gasteiger partial charge on any atom is -0.369 e. The van der Waals surface area contributed by atoms with Gasteiger partial charge in [-0.3, -0.25) is 4.79 Å². The maximum Gasteiger partial charge on any atom is 0.244 e. The third kappa shape index (κ3) is 4.88. The molecule has 6 heteroatoms. The first-order chi connectivity index (χ1) is 12.6. The summed E-state index contributed by atoms with van der Waals surface area (Å²) < 4.78 is 27.2. The minimum absolute atomic E-state index is 0.0971. The molecule has 0 aromatic heterocycles.